The van der Waals surface area contributed by atoms with Crippen LogP contribution in [0.15, 0.2) is 170 Å². The van der Waals surface area contributed by atoms with E-state index in [1.165, 1.54) is 46.4 Å². The predicted molar refractivity (Wildman–Crippen MR) is 228 cm³/mol. The second-order valence-electron chi connectivity index (χ2n) is 13.4. The van der Waals surface area contributed by atoms with E-state index in [1.807, 2.05) is 18.2 Å². The van der Waals surface area contributed by atoms with Gasteiger partial charge in [0.25, 0.3) is 0 Å². The van der Waals surface area contributed by atoms with E-state index in [9.17, 15) is 0 Å². The zero-order chi connectivity index (χ0) is 35.6. The molecule has 0 fully saturated rings. The summed E-state index contributed by atoms with van der Waals surface area (Å²) in [5.41, 5.74) is 7.28. The highest BCUT2D eigenvalue weighted by atomic mass is 32.1. The van der Waals surface area contributed by atoms with E-state index in [1.54, 1.807) is 22.7 Å². The lowest BCUT2D eigenvalue weighted by Crippen LogP contribution is -2.00. The molecule has 7 aromatic carbocycles. The molecule has 6 heteroatoms. The zero-order valence-electron chi connectivity index (χ0n) is 28.8. The number of pyridine rings is 1. The monoisotopic (exact) mass is 724 g/mol. The number of rotatable bonds is 5. The van der Waals surface area contributed by atoms with Crippen LogP contribution in [0.5, 0.6) is 0 Å². The van der Waals surface area contributed by atoms with E-state index in [0.29, 0.717) is 17.5 Å². The summed E-state index contributed by atoms with van der Waals surface area (Å²) in [4.78, 5) is 21.5. The Hall–Kier alpha value is -6.60. The largest absolute Gasteiger partial charge is 0.236 e. The Labute approximate surface area is 318 Å². The first-order chi connectivity index (χ1) is 26.7. The predicted octanol–water partition coefficient (Wildman–Crippen LogP) is 13.5. The van der Waals surface area contributed by atoms with Gasteiger partial charge in [-0.25, -0.2) is 19.9 Å². The van der Waals surface area contributed by atoms with Crippen LogP contribution in [-0.4, -0.2) is 19.9 Å². The summed E-state index contributed by atoms with van der Waals surface area (Å²) in [7, 11) is 0. The van der Waals surface area contributed by atoms with Crippen molar-refractivity contribution in [2.45, 2.75) is 0 Å². The van der Waals surface area contributed by atoms with Crippen molar-refractivity contribution in [3.8, 4) is 56.5 Å². The minimum Gasteiger partial charge on any atom is -0.236 e. The van der Waals surface area contributed by atoms with Gasteiger partial charge in [-0.3, -0.25) is 0 Å². The van der Waals surface area contributed by atoms with Gasteiger partial charge in [-0.1, -0.05) is 152 Å². The lowest BCUT2D eigenvalue weighted by molar-refractivity contribution is 1.08. The standard InChI is InChI=1S/C48H28N4S2/c1-2-11-32(12-3-1)45-50-46(52-47(51-45)39-18-10-17-37-34-13-6-8-19-40(34)53-44(37)39)33-27-23-30(24-28-33)29-21-25-31(26-22-29)43-36-15-5-4-14-35(36)42-38-16-7-9-20-41(38)54-48(42)49-43/h1-28H. The van der Waals surface area contributed by atoms with Crippen LogP contribution in [-0.2, 0) is 0 Å². The number of fused-ring (bicyclic) bond motifs is 8. The molecular formula is C48H28N4S2. The van der Waals surface area contributed by atoms with Crippen molar-refractivity contribution in [1.82, 2.24) is 19.9 Å². The van der Waals surface area contributed by atoms with Crippen LogP contribution in [0.3, 0.4) is 0 Å². The van der Waals surface area contributed by atoms with E-state index in [2.05, 4.69) is 152 Å². The summed E-state index contributed by atoms with van der Waals surface area (Å²) < 4.78 is 3.70. The third kappa shape index (κ3) is 5.11. The van der Waals surface area contributed by atoms with Gasteiger partial charge in [0.1, 0.15) is 4.83 Å². The van der Waals surface area contributed by atoms with Crippen LogP contribution < -0.4 is 0 Å². The summed E-state index contributed by atoms with van der Waals surface area (Å²) in [5.74, 6) is 1.97. The third-order valence-electron chi connectivity index (χ3n) is 10.2. The Bertz CT molecular complexity index is 3200. The van der Waals surface area contributed by atoms with Gasteiger partial charge < -0.3 is 0 Å². The van der Waals surface area contributed by atoms with Crippen molar-refractivity contribution in [2.75, 3.05) is 0 Å². The fourth-order valence-corrected chi connectivity index (χ4v) is 9.86. The van der Waals surface area contributed by atoms with Crippen LogP contribution >= 0.6 is 22.7 Å². The van der Waals surface area contributed by atoms with Crippen LogP contribution in [0.2, 0.25) is 0 Å². The van der Waals surface area contributed by atoms with Crippen molar-refractivity contribution >= 4 is 73.9 Å². The second kappa shape index (κ2) is 12.5. The molecule has 4 nitrogen and oxygen atoms in total. The summed E-state index contributed by atoms with van der Waals surface area (Å²) >= 11 is 3.54. The Balaban J connectivity index is 0.968. The maximum absolute atomic E-state index is 5.24. The molecule has 0 aliphatic carbocycles. The average Bonchev–Trinajstić information content (AvgIpc) is 3.82. The maximum Gasteiger partial charge on any atom is 0.165 e. The van der Waals surface area contributed by atoms with Crippen LogP contribution in [0.1, 0.15) is 0 Å². The minimum atomic E-state index is 0.647. The first-order valence-corrected chi connectivity index (χ1v) is 19.5. The van der Waals surface area contributed by atoms with E-state index in [-0.39, 0.29) is 0 Å². The lowest BCUT2D eigenvalue weighted by atomic mass is 9.98. The fraction of sp³-hybridized carbons (Fsp3) is 0. The molecular weight excluding hydrogens is 697 g/mol. The molecule has 54 heavy (non-hydrogen) atoms. The molecule has 4 aromatic heterocycles. The number of hydrogen-bond donors (Lipinski definition) is 0. The molecule has 0 aliphatic heterocycles. The molecule has 0 aliphatic rings. The maximum atomic E-state index is 5.24. The van der Waals surface area contributed by atoms with Crippen LogP contribution in [0, 0.1) is 0 Å². The highest BCUT2D eigenvalue weighted by Crippen LogP contribution is 2.42. The number of nitrogens with zero attached hydrogens (tertiary/aromatic N) is 4. The number of thiophene rings is 2. The normalized spacial score (nSPS) is 11.7. The third-order valence-corrected chi connectivity index (χ3v) is 12.5. The van der Waals surface area contributed by atoms with Crippen LogP contribution in [0.4, 0.5) is 0 Å². The molecule has 0 amide bonds. The van der Waals surface area contributed by atoms with Crippen molar-refractivity contribution in [3.63, 3.8) is 0 Å². The molecule has 0 bridgehead atoms. The van der Waals surface area contributed by atoms with Gasteiger partial charge in [-0.15, -0.1) is 22.7 Å². The van der Waals surface area contributed by atoms with Crippen molar-refractivity contribution in [2.24, 2.45) is 0 Å². The SMILES string of the molecule is c1ccc(-c2nc(-c3ccc(-c4ccc(-c5nc6sc7ccccc7c6c6ccccc56)cc4)cc3)nc(-c3cccc4c3sc3ccccc34)n2)cc1. The van der Waals surface area contributed by atoms with E-state index in [0.717, 1.165) is 43.9 Å². The van der Waals surface area contributed by atoms with E-state index >= 15 is 0 Å². The van der Waals surface area contributed by atoms with Crippen LogP contribution in [0.25, 0.3) is 108 Å². The number of hydrogen-bond acceptors (Lipinski definition) is 6. The van der Waals surface area contributed by atoms with Gasteiger partial charge in [0.2, 0.25) is 0 Å². The molecule has 0 unspecified atom stereocenters. The number of benzene rings is 7. The Morgan fingerprint density at radius 3 is 1.56 bits per heavy atom. The first kappa shape index (κ1) is 31.0. The van der Waals surface area contributed by atoms with Gasteiger partial charge in [-0.2, -0.15) is 0 Å². The van der Waals surface area contributed by atoms with Gasteiger partial charge in [-0.05, 0) is 34.7 Å². The first-order valence-electron chi connectivity index (χ1n) is 17.9. The summed E-state index contributed by atoms with van der Waals surface area (Å²) in [6.07, 6.45) is 0. The average molecular weight is 725 g/mol. The van der Waals surface area contributed by atoms with Gasteiger partial charge in [0.15, 0.2) is 17.5 Å². The molecule has 0 saturated carbocycles. The van der Waals surface area contributed by atoms with Gasteiger partial charge in [0, 0.05) is 63.3 Å². The smallest absolute Gasteiger partial charge is 0.165 e. The molecule has 0 saturated heterocycles. The zero-order valence-corrected chi connectivity index (χ0v) is 30.4. The highest BCUT2D eigenvalue weighted by molar-refractivity contribution is 7.26. The van der Waals surface area contributed by atoms with E-state index in [4.69, 9.17) is 19.9 Å². The molecule has 4 heterocycles. The molecule has 0 spiro atoms. The highest BCUT2D eigenvalue weighted by Gasteiger charge is 2.18. The molecule has 252 valence electrons. The Morgan fingerprint density at radius 2 is 0.833 bits per heavy atom. The number of aromatic nitrogens is 4. The summed E-state index contributed by atoms with van der Waals surface area (Å²) in [6, 6.07) is 59.6. The Morgan fingerprint density at radius 1 is 0.315 bits per heavy atom. The summed E-state index contributed by atoms with van der Waals surface area (Å²) in [5, 5.41) is 7.39. The Kier molecular flexibility index (Phi) is 7.18. The minimum absolute atomic E-state index is 0.647. The lowest BCUT2D eigenvalue weighted by Gasteiger charge is -2.10. The molecule has 11 rings (SSSR count). The molecule has 0 atom stereocenters. The van der Waals surface area contributed by atoms with Crippen molar-refractivity contribution < 1.29 is 0 Å². The topological polar surface area (TPSA) is 51.6 Å². The quantitative estimate of drug-likeness (QED) is 0.177. The molecule has 0 radical (unpaired) electrons. The van der Waals surface area contributed by atoms with Crippen molar-refractivity contribution in [1.29, 1.82) is 0 Å². The fourth-order valence-electron chi connectivity index (χ4n) is 7.56. The second-order valence-corrected chi connectivity index (χ2v) is 15.5. The van der Waals surface area contributed by atoms with Gasteiger partial charge >= 0.3 is 0 Å². The van der Waals surface area contributed by atoms with Crippen molar-refractivity contribution in [3.05, 3.63) is 170 Å². The summed E-state index contributed by atoms with van der Waals surface area (Å²) in [6.45, 7) is 0. The van der Waals surface area contributed by atoms with E-state index < -0.39 is 0 Å². The molecule has 11 aromatic rings. The van der Waals surface area contributed by atoms with Gasteiger partial charge in [0.05, 0.1) is 5.69 Å². The molecule has 0 N–H and O–H groups in total.